The average molecular weight is 384 g/mol. The lowest BCUT2D eigenvalue weighted by Crippen LogP contribution is -2.39. The molecule has 28 heavy (non-hydrogen) atoms. The molecule has 1 N–H and O–H groups in total. The molecule has 0 bridgehead atoms. The van der Waals surface area contributed by atoms with Gasteiger partial charge in [0.25, 0.3) is 5.91 Å². The first-order valence-corrected chi connectivity index (χ1v) is 9.12. The van der Waals surface area contributed by atoms with Gasteiger partial charge >= 0.3 is 6.09 Å². The second-order valence-corrected chi connectivity index (χ2v) is 6.52. The minimum Gasteiger partial charge on any atom is -0.481 e. The fourth-order valence-electron chi connectivity index (χ4n) is 2.95. The van der Waals surface area contributed by atoms with E-state index in [1.807, 2.05) is 30.3 Å². The molecule has 7 nitrogen and oxygen atoms in total. The van der Waals surface area contributed by atoms with Crippen LogP contribution in [0.5, 0.6) is 5.75 Å². The molecule has 1 heterocycles. The Morgan fingerprint density at radius 3 is 2.79 bits per heavy atom. The first-order chi connectivity index (χ1) is 13.6. The van der Waals surface area contributed by atoms with Crippen molar-refractivity contribution in [1.29, 1.82) is 0 Å². The summed E-state index contributed by atoms with van der Waals surface area (Å²) in [4.78, 5) is 26.2. The Morgan fingerprint density at radius 1 is 1.25 bits per heavy atom. The number of benzene rings is 2. The standard InChI is InChI=1S/C21H24N2O5/c1-15-20(24)23(10-11-26-2)13-17-12-18(8-9-19(17)28-15)22-21(25)27-14-16-6-4-3-5-7-16/h3-9,12,15H,10-11,13-14H2,1-2H3,(H,22,25). The van der Waals surface area contributed by atoms with Crippen LogP contribution < -0.4 is 10.1 Å². The van der Waals surface area contributed by atoms with Crippen LogP contribution in [0.25, 0.3) is 0 Å². The predicted molar refractivity (Wildman–Crippen MR) is 104 cm³/mol. The fraction of sp³-hybridized carbons (Fsp3) is 0.333. The first kappa shape index (κ1) is 19.7. The van der Waals surface area contributed by atoms with Crippen molar-refractivity contribution < 1.29 is 23.8 Å². The van der Waals surface area contributed by atoms with Crippen molar-refractivity contribution in [2.75, 3.05) is 25.6 Å². The Bertz CT molecular complexity index is 825. The number of ether oxygens (including phenoxy) is 3. The monoisotopic (exact) mass is 384 g/mol. The highest BCUT2D eigenvalue weighted by Gasteiger charge is 2.27. The Hall–Kier alpha value is -3.06. The summed E-state index contributed by atoms with van der Waals surface area (Å²) in [6.45, 7) is 3.22. The van der Waals surface area contributed by atoms with Crippen molar-refractivity contribution in [2.24, 2.45) is 0 Å². The minimum absolute atomic E-state index is 0.0926. The van der Waals surface area contributed by atoms with Crippen LogP contribution in [0, 0.1) is 0 Å². The molecule has 2 aromatic carbocycles. The molecule has 0 fully saturated rings. The lowest BCUT2D eigenvalue weighted by molar-refractivity contribution is -0.138. The quantitative estimate of drug-likeness (QED) is 0.828. The van der Waals surface area contributed by atoms with Gasteiger partial charge in [0.05, 0.1) is 6.61 Å². The summed E-state index contributed by atoms with van der Waals surface area (Å²) in [5.41, 5.74) is 2.30. The molecule has 0 spiro atoms. The second-order valence-electron chi connectivity index (χ2n) is 6.52. The number of methoxy groups -OCH3 is 1. The molecule has 0 saturated heterocycles. The van der Waals surface area contributed by atoms with Crippen molar-refractivity contribution >= 4 is 17.7 Å². The van der Waals surface area contributed by atoms with Crippen molar-refractivity contribution in [3.63, 3.8) is 0 Å². The van der Waals surface area contributed by atoms with Gasteiger partial charge in [0.1, 0.15) is 12.4 Å². The van der Waals surface area contributed by atoms with Gasteiger partial charge in [0.2, 0.25) is 0 Å². The van der Waals surface area contributed by atoms with Crippen LogP contribution in [0.1, 0.15) is 18.1 Å². The third-order valence-corrected chi connectivity index (χ3v) is 4.41. The number of carbonyl (C=O) groups excluding carboxylic acids is 2. The molecule has 2 amide bonds. The highest BCUT2D eigenvalue weighted by molar-refractivity contribution is 5.85. The van der Waals surface area contributed by atoms with Crippen LogP contribution >= 0.6 is 0 Å². The van der Waals surface area contributed by atoms with Crippen LogP contribution in [0.4, 0.5) is 10.5 Å². The van der Waals surface area contributed by atoms with Gasteiger partial charge in [-0.15, -0.1) is 0 Å². The van der Waals surface area contributed by atoms with Gasteiger partial charge in [-0.1, -0.05) is 30.3 Å². The van der Waals surface area contributed by atoms with Gasteiger partial charge in [-0.3, -0.25) is 10.1 Å². The lowest BCUT2D eigenvalue weighted by Gasteiger charge is -2.21. The zero-order valence-electron chi connectivity index (χ0n) is 16.0. The third kappa shape index (κ3) is 5.01. The molecule has 0 saturated carbocycles. The van der Waals surface area contributed by atoms with Crippen molar-refractivity contribution in [3.8, 4) is 5.75 Å². The van der Waals surface area contributed by atoms with E-state index >= 15 is 0 Å². The lowest BCUT2D eigenvalue weighted by atomic mass is 10.1. The maximum atomic E-state index is 12.5. The smallest absolute Gasteiger partial charge is 0.411 e. The molecule has 0 aliphatic carbocycles. The van der Waals surface area contributed by atoms with Gasteiger partial charge in [0.15, 0.2) is 6.10 Å². The van der Waals surface area contributed by atoms with Gasteiger partial charge in [-0.2, -0.15) is 0 Å². The van der Waals surface area contributed by atoms with E-state index in [0.29, 0.717) is 31.1 Å². The Labute approximate surface area is 164 Å². The fourth-order valence-corrected chi connectivity index (χ4v) is 2.95. The number of rotatable bonds is 6. The topological polar surface area (TPSA) is 77.1 Å². The number of nitrogens with zero attached hydrogens (tertiary/aromatic N) is 1. The number of fused-ring (bicyclic) bond motifs is 1. The number of amides is 2. The van der Waals surface area contributed by atoms with Crippen LogP contribution in [0.3, 0.4) is 0 Å². The SMILES string of the molecule is COCCN1Cc2cc(NC(=O)OCc3ccccc3)ccc2OC(C)C1=O. The molecule has 0 radical (unpaired) electrons. The van der Waals surface area contributed by atoms with Crippen molar-refractivity contribution in [2.45, 2.75) is 26.2 Å². The van der Waals surface area contributed by atoms with E-state index in [1.165, 1.54) is 0 Å². The summed E-state index contributed by atoms with van der Waals surface area (Å²) in [5.74, 6) is 0.536. The van der Waals surface area contributed by atoms with E-state index in [1.54, 1.807) is 37.1 Å². The molecule has 1 unspecified atom stereocenters. The molecule has 0 aromatic heterocycles. The Balaban J connectivity index is 1.66. The average Bonchev–Trinajstić information content (AvgIpc) is 2.82. The normalized spacial score (nSPS) is 16.0. The van der Waals surface area contributed by atoms with Crippen LogP contribution in [-0.4, -0.2) is 43.3 Å². The summed E-state index contributed by atoms with van der Waals surface area (Å²) in [6.07, 6.45) is -1.12. The van der Waals surface area contributed by atoms with Gasteiger partial charge < -0.3 is 19.1 Å². The molecular weight excluding hydrogens is 360 g/mol. The number of carbonyl (C=O) groups is 2. The van der Waals surface area contributed by atoms with Crippen molar-refractivity contribution in [3.05, 3.63) is 59.7 Å². The third-order valence-electron chi connectivity index (χ3n) is 4.41. The number of hydrogen-bond acceptors (Lipinski definition) is 5. The summed E-state index contributed by atoms with van der Waals surface area (Å²) in [7, 11) is 1.60. The van der Waals surface area contributed by atoms with Crippen LogP contribution in [0.2, 0.25) is 0 Å². The molecule has 148 valence electrons. The molecular formula is C21H24N2O5. The number of hydrogen-bond donors (Lipinski definition) is 1. The van der Waals surface area contributed by atoms with E-state index in [9.17, 15) is 9.59 Å². The highest BCUT2D eigenvalue weighted by Crippen LogP contribution is 2.28. The molecule has 1 aliphatic rings. The van der Waals surface area contributed by atoms with Crippen LogP contribution in [0.15, 0.2) is 48.5 Å². The maximum Gasteiger partial charge on any atom is 0.411 e. The summed E-state index contributed by atoms with van der Waals surface area (Å²) < 4.78 is 16.1. The van der Waals surface area contributed by atoms with Gasteiger partial charge in [-0.05, 0) is 30.7 Å². The predicted octanol–water partition coefficient (Wildman–Crippen LogP) is 3.19. The Morgan fingerprint density at radius 2 is 2.04 bits per heavy atom. The minimum atomic E-state index is -0.576. The largest absolute Gasteiger partial charge is 0.481 e. The van der Waals surface area contributed by atoms with E-state index in [0.717, 1.165) is 11.1 Å². The van der Waals surface area contributed by atoms with Gasteiger partial charge in [-0.25, -0.2) is 4.79 Å². The van der Waals surface area contributed by atoms with E-state index in [-0.39, 0.29) is 12.5 Å². The molecule has 3 rings (SSSR count). The molecule has 2 aromatic rings. The van der Waals surface area contributed by atoms with E-state index < -0.39 is 12.2 Å². The Kier molecular flexibility index (Phi) is 6.49. The maximum absolute atomic E-state index is 12.5. The summed E-state index contributed by atoms with van der Waals surface area (Å²) in [6, 6.07) is 14.7. The zero-order chi connectivity index (χ0) is 19.9. The molecule has 7 heteroatoms. The highest BCUT2D eigenvalue weighted by atomic mass is 16.5. The number of anilines is 1. The zero-order valence-corrected chi connectivity index (χ0v) is 16.0. The summed E-state index contributed by atoms with van der Waals surface area (Å²) >= 11 is 0. The van der Waals surface area contributed by atoms with Gasteiger partial charge in [0, 0.05) is 31.5 Å². The molecule has 1 aliphatic heterocycles. The summed E-state index contributed by atoms with van der Waals surface area (Å²) in [5, 5.41) is 2.72. The first-order valence-electron chi connectivity index (χ1n) is 9.12. The second kappa shape index (κ2) is 9.23. The van der Waals surface area contributed by atoms with E-state index in [2.05, 4.69) is 5.32 Å². The van der Waals surface area contributed by atoms with E-state index in [4.69, 9.17) is 14.2 Å². The molecule has 1 atom stereocenters. The number of nitrogens with one attached hydrogen (secondary N) is 1. The van der Waals surface area contributed by atoms with Crippen molar-refractivity contribution in [1.82, 2.24) is 4.90 Å². The van der Waals surface area contributed by atoms with Crippen LogP contribution in [-0.2, 0) is 27.4 Å².